The van der Waals surface area contributed by atoms with Gasteiger partial charge in [0.1, 0.15) is 0 Å². The van der Waals surface area contributed by atoms with E-state index in [1.807, 2.05) is 0 Å². The van der Waals surface area contributed by atoms with Crippen LogP contribution in [0.4, 0.5) is 0 Å². The van der Waals surface area contributed by atoms with Crippen molar-refractivity contribution in [1.82, 2.24) is 0 Å². The second-order valence-corrected chi connectivity index (χ2v) is 7.22. The van der Waals surface area contributed by atoms with E-state index in [4.69, 9.17) is 0 Å². The highest BCUT2D eigenvalue weighted by molar-refractivity contribution is 5.04. The van der Waals surface area contributed by atoms with Crippen molar-refractivity contribution in [3.63, 3.8) is 0 Å². The Bertz CT molecular complexity index is 291. The summed E-state index contributed by atoms with van der Waals surface area (Å²) in [6.45, 7) is 3.00. The third-order valence-corrected chi connectivity index (χ3v) is 6.06. The Morgan fingerprint density at radius 2 is 1.88 bits per heavy atom. The fraction of sp³-hybridized carbons (Fsp3) is 1.00. The van der Waals surface area contributed by atoms with E-state index in [9.17, 15) is 10.2 Å². The molecule has 0 amide bonds. The third kappa shape index (κ3) is 1.84. The largest absolute Gasteiger partial charge is 0.396 e. The van der Waals surface area contributed by atoms with Gasteiger partial charge in [-0.1, -0.05) is 6.92 Å². The lowest BCUT2D eigenvalue weighted by atomic mass is 9.68. The molecule has 6 atom stereocenters. The molecule has 2 heteroatoms. The number of aliphatic hydroxyl groups excluding tert-OH is 2. The molecule has 3 rings (SSSR count). The first-order valence-corrected chi connectivity index (χ1v) is 7.38. The molecule has 0 aromatic heterocycles. The summed E-state index contributed by atoms with van der Waals surface area (Å²) in [5.41, 5.74) is 0.196. The molecule has 0 saturated heterocycles. The number of rotatable bonds is 3. The molecule has 2 N–H and O–H groups in total. The second-order valence-electron chi connectivity index (χ2n) is 7.22. The summed E-state index contributed by atoms with van der Waals surface area (Å²) in [6, 6.07) is 0. The van der Waals surface area contributed by atoms with Gasteiger partial charge in [0.25, 0.3) is 0 Å². The van der Waals surface area contributed by atoms with Crippen molar-refractivity contribution in [1.29, 1.82) is 0 Å². The molecule has 0 aliphatic heterocycles. The van der Waals surface area contributed by atoms with Crippen LogP contribution in [0.2, 0.25) is 0 Å². The molecule has 3 fully saturated rings. The lowest BCUT2D eigenvalue weighted by Crippen LogP contribution is -2.31. The number of aliphatic hydroxyl groups is 2. The number of hydrogen-bond acceptors (Lipinski definition) is 2. The first-order valence-electron chi connectivity index (χ1n) is 7.38. The molecule has 0 aromatic rings. The first kappa shape index (κ1) is 12.0. The molecule has 17 heavy (non-hydrogen) atoms. The van der Waals surface area contributed by atoms with E-state index in [0.717, 1.165) is 36.0 Å². The van der Waals surface area contributed by atoms with Crippen molar-refractivity contribution in [3.05, 3.63) is 0 Å². The summed E-state index contributed by atoms with van der Waals surface area (Å²) in [6.07, 6.45) is 7.62. The molecule has 6 unspecified atom stereocenters. The molecule has 2 nitrogen and oxygen atoms in total. The zero-order valence-corrected chi connectivity index (χ0v) is 10.9. The molecule has 2 bridgehead atoms. The van der Waals surface area contributed by atoms with Gasteiger partial charge in [-0.25, -0.2) is 0 Å². The van der Waals surface area contributed by atoms with Crippen LogP contribution in [0.25, 0.3) is 0 Å². The van der Waals surface area contributed by atoms with E-state index in [1.54, 1.807) is 0 Å². The van der Waals surface area contributed by atoms with Crippen molar-refractivity contribution < 1.29 is 10.2 Å². The van der Waals surface area contributed by atoms with Gasteiger partial charge < -0.3 is 10.2 Å². The van der Waals surface area contributed by atoms with Gasteiger partial charge in [-0.15, -0.1) is 0 Å². The van der Waals surface area contributed by atoms with E-state index in [2.05, 4.69) is 6.92 Å². The minimum atomic E-state index is 0.196. The Kier molecular flexibility index (Phi) is 2.99. The summed E-state index contributed by atoms with van der Waals surface area (Å²) in [5.74, 6) is 4.29. The third-order valence-electron chi connectivity index (χ3n) is 6.06. The van der Waals surface area contributed by atoms with Gasteiger partial charge in [-0.3, -0.25) is 0 Å². The Labute approximate surface area is 104 Å². The van der Waals surface area contributed by atoms with Gasteiger partial charge >= 0.3 is 0 Å². The summed E-state index contributed by atoms with van der Waals surface area (Å²) < 4.78 is 0. The monoisotopic (exact) mass is 238 g/mol. The van der Waals surface area contributed by atoms with E-state index in [1.165, 1.54) is 32.1 Å². The van der Waals surface area contributed by atoms with Crippen LogP contribution in [-0.4, -0.2) is 23.4 Å². The molecule has 0 radical (unpaired) electrons. The molecule has 3 aliphatic carbocycles. The highest BCUT2D eigenvalue weighted by Gasteiger charge is 2.55. The van der Waals surface area contributed by atoms with E-state index in [0.29, 0.717) is 13.2 Å². The van der Waals surface area contributed by atoms with Crippen molar-refractivity contribution in [2.45, 2.75) is 45.4 Å². The van der Waals surface area contributed by atoms with Crippen molar-refractivity contribution in [2.24, 2.45) is 35.0 Å². The van der Waals surface area contributed by atoms with Gasteiger partial charge in [0.2, 0.25) is 0 Å². The number of fused-ring (bicyclic) bond motifs is 5. The maximum atomic E-state index is 9.61. The maximum absolute atomic E-state index is 9.61. The van der Waals surface area contributed by atoms with Gasteiger partial charge in [-0.2, -0.15) is 0 Å². The molecular formula is C15H26O2. The predicted octanol–water partition coefficient (Wildman–Crippen LogP) is 2.44. The Morgan fingerprint density at radius 1 is 1.12 bits per heavy atom. The molecular weight excluding hydrogens is 212 g/mol. The highest BCUT2D eigenvalue weighted by atomic mass is 16.3. The van der Waals surface area contributed by atoms with Crippen molar-refractivity contribution in [2.75, 3.05) is 13.2 Å². The molecule has 98 valence electrons. The molecule has 0 heterocycles. The van der Waals surface area contributed by atoms with Gasteiger partial charge in [0.15, 0.2) is 0 Å². The van der Waals surface area contributed by atoms with Gasteiger partial charge in [0, 0.05) is 13.2 Å². The van der Waals surface area contributed by atoms with Crippen LogP contribution in [0.3, 0.4) is 0 Å². The van der Waals surface area contributed by atoms with Crippen LogP contribution in [0.1, 0.15) is 45.4 Å². The molecule has 0 spiro atoms. The fourth-order valence-electron chi connectivity index (χ4n) is 5.58. The zero-order chi connectivity index (χ0) is 12.0. The van der Waals surface area contributed by atoms with Crippen LogP contribution in [0, 0.1) is 35.0 Å². The Hall–Kier alpha value is -0.0800. The average Bonchev–Trinajstić information content (AvgIpc) is 2.82. The lowest BCUT2D eigenvalue weighted by Gasteiger charge is -2.38. The quantitative estimate of drug-likeness (QED) is 0.793. The maximum Gasteiger partial charge on any atom is 0.0484 e. The fourth-order valence-corrected chi connectivity index (χ4v) is 5.58. The number of hydrogen-bond donors (Lipinski definition) is 2. The van der Waals surface area contributed by atoms with Crippen LogP contribution in [-0.2, 0) is 0 Å². The van der Waals surface area contributed by atoms with Crippen molar-refractivity contribution >= 4 is 0 Å². The normalized spacial score (nSPS) is 52.8. The molecule has 3 aliphatic rings. The minimum absolute atomic E-state index is 0.196. The van der Waals surface area contributed by atoms with Crippen LogP contribution in [0.5, 0.6) is 0 Å². The highest BCUT2D eigenvalue weighted by Crippen LogP contribution is 2.62. The van der Waals surface area contributed by atoms with E-state index < -0.39 is 0 Å². The average molecular weight is 238 g/mol. The lowest BCUT2D eigenvalue weighted by molar-refractivity contribution is 0.0555. The summed E-state index contributed by atoms with van der Waals surface area (Å²) >= 11 is 0. The summed E-state index contributed by atoms with van der Waals surface area (Å²) in [7, 11) is 0. The van der Waals surface area contributed by atoms with Crippen LogP contribution in [0.15, 0.2) is 0 Å². The minimum Gasteiger partial charge on any atom is -0.396 e. The van der Waals surface area contributed by atoms with Crippen molar-refractivity contribution in [3.8, 4) is 0 Å². The second kappa shape index (κ2) is 4.24. The topological polar surface area (TPSA) is 40.5 Å². The zero-order valence-electron chi connectivity index (χ0n) is 10.9. The van der Waals surface area contributed by atoms with E-state index >= 15 is 0 Å². The molecule has 0 aromatic carbocycles. The first-order chi connectivity index (χ1) is 8.17. The van der Waals surface area contributed by atoms with Gasteiger partial charge in [0.05, 0.1) is 0 Å². The predicted molar refractivity (Wildman–Crippen MR) is 67.4 cm³/mol. The Balaban J connectivity index is 1.78. The van der Waals surface area contributed by atoms with Gasteiger partial charge in [-0.05, 0) is 73.5 Å². The summed E-state index contributed by atoms with van der Waals surface area (Å²) in [5, 5.41) is 18.8. The Morgan fingerprint density at radius 3 is 2.59 bits per heavy atom. The van der Waals surface area contributed by atoms with Crippen LogP contribution >= 0.6 is 0 Å². The standard InChI is InChI=1S/C15H26O2/c1-15(9-17)7-11-6-12(8-15)14-10(4-5-16)2-3-13(11)14/h10-14,16-17H,2-9H2,1H3. The molecule has 3 saturated carbocycles. The smallest absolute Gasteiger partial charge is 0.0484 e. The SMILES string of the molecule is CC1(CO)CC2CC(C1)C1C(CCO)CCC21. The van der Waals surface area contributed by atoms with E-state index in [-0.39, 0.29) is 5.41 Å². The van der Waals surface area contributed by atoms with Crippen LogP contribution < -0.4 is 0 Å². The summed E-state index contributed by atoms with van der Waals surface area (Å²) in [4.78, 5) is 0.